The van der Waals surface area contributed by atoms with Crippen molar-refractivity contribution < 1.29 is 4.79 Å². The predicted octanol–water partition coefficient (Wildman–Crippen LogP) is 0.975. The summed E-state index contributed by atoms with van der Waals surface area (Å²) in [5.41, 5.74) is 0. The molecule has 0 fully saturated rings. The molecular formula is C10H18N4O. The van der Waals surface area contributed by atoms with Crippen LogP contribution < -0.4 is 5.32 Å². The summed E-state index contributed by atoms with van der Waals surface area (Å²) in [5.74, 6) is 0.0848. The van der Waals surface area contributed by atoms with E-state index in [1.165, 1.54) is 19.2 Å². The Morgan fingerprint density at radius 3 is 3.00 bits per heavy atom. The molecule has 0 aromatic carbocycles. The molecule has 1 rings (SSSR count). The molecule has 0 unspecified atom stereocenters. The van der Waals surface area contributed by atoms with Crippen LogP contribution in [0.3, 0.4) is 0 Å². The van der Waals surface area contributed by atoms with E-state index in [4.69, 9.17) is 0 Å². The number of carbonyl (C=O) groups excluding carboxylic acids is 1. The van der Waals surface area contributed by atoms with E-state index >= 15 is 0 Å². The van der Waals surface area contributed by atoms with E-state index in [9.17, 15) is 4.79 Å². The van der Waals surface area contributed by atoms with Crippen molar-refractivity contribution >= 4 is 5.91 Å². The SMILES string of the molecule is CCCCCNC(=O)CCn1cncn1. The number of unbranched alkanes of at least 4 members (excludes halogenated alkanes) is 2. The van der Waals surface area contributed by atoms with Gasteiger partial charge in [0.15, 0.2) is 0 Å². The maximum atomic E-state index is 11.3. The third-order valence-corrected chi connectivity index (χ3v) is 2.14. The summed E-state index contributed by atoms with van der Waals surface area (Å²) in [6, 6.07) is 0. The van der Waals surface area contributed by atoms with Gasteiger partial charge in [-0.1, -0.05) is 19.8 Å². The molecule has 5 nitrogen and oxygen atoms in total. The Morgan fingerprint density at radius 1 is 1.47 bits per heavy atom. The number of nitrogens with zero attached hydrogens (tertiary/aromatic N) is 3. The lowest BCUT2D eigenvalue weighted by molar-refractivity contribution is -0.121. The highest BCUT2D eigenvalue weighted by Gasteiger charge is 2.00. The molecule has 0 aliphatic carbocycles. The molecule has 0 saturated carbocycles. The van der Waals surface area contributed by atoms with Gasteiger partial charge in [-0.25, -0.2) is 4.98 Å². The summed E-state index contributed by atoms with van der Waals surface area (Å²) in [4.78, 5) is 15.1. The number of hydrogen-bond acceptors (Lipinski definition) is 3. The van der Waals surface area contributed by atoms with E-state index in [1.54, 1.807) is 11.0 Å². The largest absolute Gasteiger partial charge is 0.356 e. The van der Waals surface area contributed by atoms with Crippen LogP contribution in [0, 0.1) is 0 Å². The van der Waals surface area contributed by atoms with E-state index in [2.05, 4.69) is 22.3 Å². The lowest BCUT2D eigenvalue weighted by Crippen LogP contribution is -2.25. The topological polar surface area (TPSA) is 59.8 Å². The Balaban J connectivity index is 2.04. The molecule has 84 valence electrons. The van der Waals surface area contributed by atoms with Crippen LogP contribution in [-0.2, 0) is 11.3 Å². The van der Waals surface area contributed by atoms with E-state index in [-0.39, 0.29) is 5.91 Å². The van der Waals surface area contributed by atoms with Crippen LogP contribution in [0.15, 0.2) is 12.7 Å². The van der Waals surface area contributed by atoms with Gasteiger partial charge >= 0.3 is 0 Å². The highest BCUT2D eigenvalue weighted by atomic mass is 16.1. The van der Waals surface area contributed by atoms with Crippen molar-refractivity contribution in [3.8, 4) is 0 Å². The zero-order valence-corrected chi connectivity index (χ0v) is 9.15. The van der Waals surface area contributed by atoms with E-state index in [0.29, 0.717) is 13.0 Å². The molecule has 15 heavy (non-hydrogen) atoms. The van der Waals surface area contributed by atoms with Gasteiger partial charge in [-0.3, -0.25) is 9.48 Å². The molecule has 0 aliphatic rings. The zero-order valence-electron chi connectivity index (χ0n) is 9.15. The average molecular weight is 210 g/mol. The fourth-order valence-electron chi connectivity index (χ4n) is 1.26. The van der Waals surface area contributed by atoms with Crippen molar-refractivity contribution in [3.63, 3.8) is 0 Å². The Hall–Kier alpha value is -1.39. The molecule has 1 heterocycles. The molecule has 1 N–H and O–H groups in total. The van der Waals surface area contributed by atoms with Crippen LogP contribution in [0.2, 0.25) is 0 Å². The van der Waals surface area contributed by atoms with Crippen molar-refractivity contribution in [1.82, 2.24) is 20.1 Å². The van der Waals surface area contributed by atoms with Gasteiger partial charge in [0.1, 0.15) is 12.7 Å². The predicted molar refractivity (Wildman–Crippen MR) is 57.2 cm³/mol. The second-order valence-electron chi connectivity index (χ2n) is 3.47. The van der Waals surface area contributed by atoms with Crippen LogP contribution in [0.1, 0.15) is 32.6 Å². The molecule has 1 aromatic heterocycles. The molecule has 0 saturated heterocycles. The number of hydrogen-bond donors (Lipinski definition) is 1. The summed E-state index contributed by atoms with van der Waals surface area (Å²) in [6.45, 7) is 3.52. The monoisotopic (exact) mass is 210 g/mol. The third kappa shape index (κ3) is 5.15. The first-order chi connectivity index (χ1) is 7.33. The van der Waals surface area contributed by atoms with Crippen molar-refractivity contribution in [3.05, 3.63) is 12.7 Å². The van der Waals surface area contributed by atoms with Crippen molar-refractivity contribution in [2.45, 2.75) is 39.2 Å². The Labute approximate surface area is 89.9 Å². The van der Waals surface area contributed by atoms with Crippen LogP contribution in [-0.4, -0.2) is 27.2 Å². The zero-order chi connectivity index (χ0) is 10.9. The van der Waals surface area contributed by atoms with Crippen LogP contribution in [0.25, 0.3) is 0 Å². The van der Waals surface area contributed by atoms with Gasteiger partial charge in [0, 0.05) is 13.0 Å². The molecule has 1 amide bonds. The number of carbonyl (C=O) groups is 1. The molecule has 0 aliphatic heterocycles. The summed E-state index contributed by atoms with van der Waals surface area (Å²) in [6.07, 6.45) is 6.96. The second kappa shape index (κ2) is 6.98. The number of nitrogens with one attached hydrogen (secondary N) is 1. The first kappa shape index (κ1) is 11.7. The number of aromatic nitrogens is 3. The molecule has 1 aromatic rings. The van der Waals surface area contributed by atoms with E-state index in [0.717, 1.165) is 13.0 Å². The van der Waals surface area contributed by atoms with Gasteiger partial charge in [-0.05, 0) is 6.42 Å². The quantitative estimate of drug-likeness (QED) is 0.682. The Bertz CT molecular complexity index is 271. The first-order valence-electron chi connectivity index (χ1n) is 5.42. The highest BCUT2D eigenvalue weighted by molar-refractivity contribution is 5.75. The van der Waals surface area contributed by atoms with Crippen LogP contribution >= 0.6 is 0 Å². The second-order valence-corrected chi connectivity index (χ2v) is 3.47. The standard InChI is InChI=1S/C10H18N4O/c1-2-3-4-6-12-10(15)5-7-14-9-11-8-13-14/h8-9H,2-7H2,1H3,(H,12,15). The van der Waals surface area contributed by atoms with Gasteiger partial charge in [-0.2, -0.15) is 5.10 Å². The van der Waals surface area contributed by atoms with Crippen molar-refractivity contribution in [2.24, 2.45) is 0 Å². The van der Waals surface area contributed by atoms with Gasteiger partial charge < -0.3 is 5.32 Å². The van der Waals surface area contributed by atoms with Gasteiger partial charge in [0.05, 0.1) is 6.54 Å². The molecule has 0 radical (unpaired) electrons. The molecule has 0 bridgehead atoms. The first-order valence-corrected chi connectivity index (χ1v) is 5.42. The lowest BCUT2D eigenvalue weighted by Gasteiger charge is -2.04. The van der Waals surface area contributed by atoms with E-state index in [1.807, 2.05) is 0 Å². The Kier molecular flexibility index (Phi) is 5.43. The van der Waals surface area contributed by atoms with Gasteiger partial charge in [0.2, 0.25) is 5.91 Å². The maximum absolute atomic E-state index is 11.3. The number of aryl methyl sites for hydroxylation is 1. The number of amides is 1. The molecule has 0 spiro atoms. The Morgan fingerprint density at radius 2 is 2.33 bits per heavy atom. The number of rotatable bonds is 7. The minimum Gasteiger partial charge on any atom is -0.356 e. The fraction of sp³-hybridized carbons (Fsp3) is 0.700. The molecular weight excluding hydrogens is 192 g/mol. The summed E-state index contributed by atoms with van der Waals surface area (Å²) in [7, 11) is 0. The van der Waals surface area contributed by atoms with E-state index < -0.39 is 0 Å². The molecule has 5 heteroatoms. The summed E-state index contributed by atoms with van der Waals surface area (Å²) in [5, 5.41) is 6.80. The third-order valence-electron chi connectivity index (χ3n) is 2.14. The fourth-order valence-corrected chi connectivity index (χ4v) is 1.26. The van der Waals surface area contributed by atoms with Gasteiger partial charge in [-0.15, -0.1) is 0 Å². The van der Waals surface area contributed by atoms with Crippen LogP contribution in [0.5, 0.6) is 0 Å². The minimum atomic E-state index is 0.0848. The smallest absolute Gasteiger partial charge is 0.221 e. The maximum Gasteiger partial charge on any atom is 0.221 e. The molecule has 0 atom stereocenters. The highest BCUT2D eigenvalue weighted by Crippen LogP contribution is 1.92. The van der Waals surface area contributed by atoms with Crippen molar-refractivity contribution in [1.29, 1.82) is 0 Å². The normalized spacial score (nSPS) is 10.2. The van der Waals surface area contributed by atoms with Crippen LogP contribution in [0.4, 0.5) is 0 Å². The summed E-state index contributed by atoms with van der Waals surface area (Å²) >= 11 is 0. The lowest BCUT2D eigenvalue weighted by atomic mass is 10.2. The summed E-state index contributed by atoms with van der Waals surface area (Å²) < 4.78 is 1.66. The van der Waals surface area contributed by atoms with Crippen molar-refractivity contribution in [2.75, 3.05) is 6.54 Å². The average Bonchev–Trinajstić information content (AvgIpc) is 2.74. The van der Waals surface area contributed by atoms with Gasteiger partial charge in [0.25, 0.3) is 0 Å². The minimum absolute atomic E-state index is 0.0848.